The monoisotopic (exact) mass is 521 g/mol. The fourth-order valence-corrected chi connectivity index (χ4v) is 3.45. The van der Waals surface area contributed by atoms with Crippen molar-refractivity contribution < 1.29 is 19.2 Å². The summed E-state index contributed by atoms with van der Waals surface area (Å²) in [5.74, 6) is -0.689. The first-order chi connectivity index (χ1) is 13.8. The number of nitro groups is 1. The minimum absolute atomic E-state index is 0.132. The maximum absolute atomic E-state index is 12.0. The molecule has 0 bridgehead atoms. The molecular weight excluding hydrogens is 510 g/mol. The van der Waals surface area contributed by atoms with Crippen LogP contribution in [-0.4, -0.2) is 23.3 Å². The van der Waals surface area contributed by atoms with Crippen molar-refractivity contribution in [1.29, 1.82) is 0 Å². The van der Waals surface area contributed by atoms with Gasteiger partial charge in [-0.05, 0) is 57.0 Å². The molecule has 0 aliphatic rings. The van der Waals surface area contributed by atoms with Gasteiger partial charge in [-0.1, -0.05) is 28.1 Å². The van der Waals surface area contributed by atoms with E-state index in [0.717, 1.165) is 15.2 Å². The minimum Gasteiger partial charge on any atom is -0.483 e. The number of rotatable bonds is 5. The van der Waals surface area contributed by atoms with E-state index in [1.54, 1.807) is 6.07 Å². The number of amides is 2. The van der Waals surface area contributed by atoms with Crippen LogP contribution in [0.3, 0.4) is 0 Å². The number of benzene rings is 3. The van der Waals surface area contributed by atoms with Crippen LogP contribution in [0.2, 0.25) is 0 Å². The van der Waals surface area contributed by atoms with Gasteiger partial charge in [0.2, 0.25) is 0 Å². The predicted molar refractivity (Wildman–Crippen MR) is 114 cm³/mol. The number of non-ortho nitro benzene ring substituents is 1. The van der Waals surface area contributed by atoms with Crippen LogP contribution in [0.1, 0.15) is 10.4 Å². The first-order valence-electron chi connectivity index (χ1n) is 8.19. The zero-order chi connectivity index (χ0) is 21.0. The number of fused-ring (bicyclic) bond motifs is 1. The van der Waals surface area contributed by atoms with Gasteiger partial charge in [0, 0.05) is 22.2 Å². The Labute approximate surface area is 181 Å². The highest BCUT2D eigenvalue weighted by Crippen LogP contribution is 2.34. The Morgan fingerprint density at radius 1 is 1.00 bits per heavy atom. The number of hydrogen-bond acceptors (Lipinski definition) is 5. The number of carbonyl (C=O) groups is 2. The summed E-state index contributed by atoms with van der Waals surface area (Å²) in [6.45, 7) is -0.318. The quantitative estimate of drug-likeness (QED) is 0.387. The maximum atomic E-state index is 12.0. The van der Waals surface area contributed by atoms with Crippen LogP contribution in [0.5, 0.6) is 5.75 Å². The molecule has 0 aliphatic carbocycles. The fraction of sp³-hybridized carbons (Fsp3) is 0.0526. The summed E-state index contributed by atoms with van der Waals surface area (Å²) in [5, 5.41) is 12.6. The van der Waals surface area contributed by atoms with Crippen molar-refractivity contribution in [3.63, 3.8) is 0 Å². The maximum Gasteiger partial charge on any atom is 0.276 e. The van der Waals surface area contributed by atoms with E-state index in [1.807, 2.05) is 24.3 Å². The second kappa shape index (κ2) is 9.01. The zero-order valence-corrected chi connectivity index (χ0v) is 17.8. The molecule has 3 aromatic rings. The van der Waals surface area contributed by atoms with Crippen LogP contribution in [0, 0.1) is 10.1 Å². The molecule has 0 aromatic heterocycles. The fourth-order valence-electron chi connectivity index (χ4n) is 2.47. The first kappa shape index (κ1) is 20.7. The summed E-state index contributed by atoms with van der Waals surface area (Å²) in [5.41, 5.74) is 4.50. The van der Waals surface area contributed by atoms with Crippen LogP contribution < -0.4 is 15.6 Å². The normalized spacial score (nSPS) is 10.4. The van der Waals surface area contributed by atoms with E-state index in [0.29, 0.717) is 10.2 Å². The smallest absolute Gasteiger partial charge is 0.276 e. The molecule has 148 valence electrons. The van der Waals surface area contributed by atoms with Crippen molar-refractivity contribution in [1.82, 2.24) is 10.9 Å². The molecule has 2 amide bonds. The molecule has 3 aromatic carbocycles. The number of ether oxygens (including phenoxy) is 1. The topological polar surface area (TPSA) is 111 Å². The highest BCUT2D eigenvalue weighted by molar-refractivity contribution is 9.11. The molecule has 0 heterocycles. The van der Waals surface area contributed by atoms with Gasteiger partial charge < -0.3 is 4.74 Å². The lowest BCUT2D eigenvalue weighted by Gasteiger charge is -2.11. The van der Waals surface area contributed by atoms with Crippen molar-refractivity contribution in [2.45, 2.75) is 0 Å². The lowest BCUT2D eigenvalue weighted by atomic mass is 10.1. The Morgan fingerprint density at radius 2 is 1.72 bits per heavy atom. The van der Waals surface area contributed by atoms with Gasteiger partial charge in [-0.3, -0.25) is 30.6 Å². The van der Waals surface area contributed by atoms with Gasteiger partial charge in [0.25, 0.3) is 17.5 Å². The summed E-state index contributed by atoms with van der Waals surface area (Å²) in [4.78, 5) is 34.0. The number of hydrazine groups is 1. The third kappa shape index (κ3) is 5.09. The molecule has 10 heteroatoms. The molecule has 29 heavy (non-hydrogen) atoms. The Hall–Kier alpha value is -2.98. The van der Waals surface area contributed by atoms with Gasteiger partial charge in [0.1, 0.15) is 5.75 Å². The molecule has 0 saturated heterocycles. The molecule has 0 radical (unpaired) electrons. The standard InChI is InChI=1S/C19H13Br2N3O5/c20-13-4-7-15-12(9-13)3-8-16(18(15)21)29-10-17(25)22-23-19(26)11-1-5-14(6-2-11)24(27)28/h1-9H,10H2,(H,22,25)(H,23,26). The molecular formula is C19H13Br2N3O5. The van der Waals surface area contributed by atoms with Crippen LogP contribution in [0.4, 0.5) is 5.69 Å². The number of nitro benzene ring substituents is 1. The second-order valence-electron chi connectivity index (χ2n) is 5.84. The van der Waals surface area contributed by atoms with E-state index in [9.17, 15) is 19.7 Å². The summed E-state index contributed by atoms with van der Waals surface area (Å²) in [7, 11) is 0. The molecule has 0 spiro atoms. The number of carbonyl (C=O) groups excluding carboxylic acids is 2. The third-order valence-electron chi connectivity index (χ3n) is 3.90. The number of nitrogens with one attached hydrogen (secondary N) is 2. The predicted octanol–water partition coefficient (Wildman–Crippen LogP) is 4.11. The Kier molecular flexibility index (Phi) is 6.45. The SMILES string of the molecule is O=C(COc1ccc2cc(Br)ccc2c1Br)NNC(=O)c1ccc([N+](=O)[O-])cc1. The molecule has 8 nitrogen and oxygen atoms in total. The molecule has 0 fully saturated rings. The lowest BCUT2D eigenvalue weighted by Crippen LogP contribution is -2.43. The lowest BCUT2D eigenvalue weighted by molar-refractivity contribution is -0.384. The average molecular weight is 523 g/mol. The zero-order valence-electron chi connectivity index (χ0n) is 14.6. The van der Waals surface area contributed by atoms with Crippen LogP contribution >= 0.6 is 31.9 Å². The van der Waals surface area contributed by atoms with Crippen molar-refractivity contribution in [3.8, 4) is 5.75 Å². The highest BCUT2D eigenvalue weighted by Gasteiger charge is 2.12. The average Bonchev–Trinajstić information content (AvgIpc) is 2.71. The molecule has 0 aliphatic heterocycles. The Morgan fingerprint density at radius 3 is 2.41 bits per heavy atom. The van der Waals surface area contributed by atoms with E-state index in [4.69, 9.17) is 4.74 Å². The minimum atomic E-state index is -0.606. The van der Waals surface area contributed by atoms with Gasteiger partial charge >= 0.3 is 0 Å². The van der Waals surface area contributed by atoms with Crippen LogP contribution in [0.25, 0.3) is 10.8 Å². The summed E-state index contributed by atoms with van der Waals surface area (Å²) in [6, 6.07) is 14.4. The van der Waals surface area contributed by atoms with Crippen molar-refractivity contribution >= 4 is 60.1 Å². The molecule has 2 N–H and O–H groups in total. The number of nitrogens with zero attached hydrogens (tertiary/aromatic N) is 1. The van der Waals surface area contributed by atoms with Gasteiger partial charge in [0.05, 0.1) is 9.40 Å². The van der Waals surface area contributed by atoms with E-state index in [1.165, 1.54) is 24.3 Å². The largest absolute Gasteiger partial charge is 0.483 e. The summed E-state index contributed by atoms with van der Waals surface area (Å²) >= 11 is 6.89. The van der Waals surface area contributed by atoms with Crippen LogP contribution in [0.15, 0.2) is 63.5 Å². The Bertz CT molecular complexity index is 1100. The summed E-state index contributed by atoms with van der Waals surface area (Å²) in [6.07, 6.45) is 0. The van der Waals surface area contributed by atoms with E-state index in [-0.39, 0.29) is 17.9 Å². The molecule has 0 unspecified atom stereocenters. The van der Waals surface area contributed by atoms with Gasteiger partial charge in [-0.15, -0.1) is 0 Å². The van der Waals surface area contributed by atoms with Gasteiger partial charge in [-0.2, -0.15) is 0 Å². The third-order valence-corrected chi connectivity index (χ3v) is 5.21. The van der Waals surface area contributed by atoms with Crippen molar-refractivity contribution in [3.05, 3.63) is 79.2 Å². The van der Waals surface area contributed by atoms with E-state index < -0.39 is 16.7 Å². The molecule has 0 saturated carbocycles. The number of halogens is 2. The second-order valence-corrected chi connectivity index (χ2v) is 7.55. The van der Waals surface area contributed by atoms with E-state index >= 15 is 0 Å². The van der Waals surface area contributed by atoms with E-state index in [2.05, 4.69) is 42.7 Å². The summed E-state index contributed by atoms with van der Waals surface area (Å²) < 4.78 is 7.19. The van der Waals surface area contributed by atoms with Crippen LogP contribution in [-0.2, 0) is 4.79 Å². The Balaban J connectivity index is 1.55. The van der Waals surface area contributed by atoms with Gasteiger partial charge in [-0.25, -0.2) is 0 Å². The number of hydrogen-bond donors (Lipinski definition) is 2. The molecule has 3 rings (SSSR count). The molecule has 0 atom stereocenters. The van der Waals surface area contributed by atoms with Gasteiger partial charge in [0.15, 0.2) is 6.61 Å². The first-order valence-corrected chi connectivity index (χ1v) is 9.78. The highest BCUT2D eigenvalue weighted by atomic mass is 79.9. The van der Waals surface area contributed by atoms with Crippen molar-refractivity contribution in [2.24, 2.45) is 0 Å². The van der Waals surface area contributed by atoms with Crippen molar-refractivity contribution in [2.75, 3.05) is 6.61 Å².